The predicted octanol–water partition coefficient (Wildman–Crippen LogP) is 5.15. The summed E-state index contributed by atoms with van der Waals surface area (Å²) in [5.41, 5.74) is 1.87. The van der Waals surface area contributed by atoms with Crippen LogP contribution in [0.25, 0.3) is 0 Å². The summed E-state index contributed by atoms with van der Waals surface area (Å²) in [5, 5.41) is 6.33. The van der Waals surface area contributed by atoms with Crippen molar-refractivity contribution in [3.8, 4) is 5.75 Å². The Labute approximate surface area is 240 Å². The number of esters is 2. The highest BCUT2D eigenvalue weighted by atomic mass is 32.1. The molecule has 3 rings (SSSR count). The number of hydrogen-bond donors (Lipinski definition) is 3. The molecule has 0 saturated heterocycles. The van der Waals surface area contributed by atoms with Crippen molar-refractivity contribution in [3.63, 3.8) is 0 Å². The largest absolute Gasteiger partial charge is 0.495 e. The fourth-order valence-corrected chi connectivity index (χ4v) is 4.56. The molecular weight excluding hydrogens is 537 g/mol. The van der Waals surface area contributed by atoms with Crippen LogP contribution in [-0.4, -0.2) is 50.2 Å². The molecule has 11 heteroatoms. The van der Waals surface area contributed by atoms with Gasteiger partial charge in [0.1, 0.15) is 29.5 Å². The van der Waals surface area contributed by atoms with E-state index in [-0.39, 0.29) is 32.0 Å². The molecule has 218 valence electrons. The van der Waals surface area contributed by atoms with Crippen LogP contribution in [0.5, 0.6) is 5.75 Å². The SMILES string of the molecule is CCCCOC(=O)CN1C(=O)C(C(=O)OCCCC)CCc2cc(NC(S)Nc3ccc(F)cc3)c(OC)cc21. The Morgan fingerprint density at radius 3 is 2.40 bits per heavy atom. The lowest BCUT2D eigenvalue weighted by Gasteiger charge is -2.26. The van der Waals surface area contributed by atoms with Gasteiger partial charge in [0.05, 0.1) is 31.7 Å². The molecular formula is C29H38FN3O6S. The summed E-state index contributed by atoms with van der Waals surface area (Å²) >= 11 is 4.55. The summed E-state index contributed by atoms with van der Waals surface area (Å²) in [6, 6.07) is 9.35. The molecule has 2 N–H and O–H groups in total. The smallest absolute Gasteiger partial charge is 0.326 e. The maximum absolute atomic E-state index is 13.6. The molecule has 40 heavy (non-hydrogen) atoms. The first kappa shape index (κ1) is 31.1. The number of halogens is 1. The summed E-state index contributed by atoms with van der Waals surface area (Å²) in [4.78, 5) is 40.5. The third kappa shape index (κ3) is 8.51. The van der Waals surface area contributed by atoms with Gasteiger partial charge in [-0.25, -0.2) is 4.39 Å². The van der Waals surface area contributed by atoms with E-state index < -0.39 is 29.3 Å². The van der Waals surface area contributed by atoms with Gasteiger partial charge in [-0.3, -0.25) is 14.4 Å². The molecule has 0 aromatic heterocycles. The summed E-state index contributed by atoms with van der Waals surface area (Å²) < 4.78 is 29.6. The number of carbonyl (C=O) groups is 3. The first-order valence-electron chi connectivity index (χ1n) is 13.6. The molecule has 2 unspecified atom stereocenters. The number of fused-ring (bicyclic) bond motifs is 1. The number of hydrogen-bond acceptors (Lipinski definition) is 9. The van der Waals surface area contributed by atoms with Crippen LogP contribution in [0.4, 0.5) is 21.5 Å². The minimum atomic E-state index is -1.05. The van der Waals surface area contributed by atoms with Crippen molar-refractivity contribution in [1.29, 1.82) is 0 Å². The van der Waals surface area contributed by atoms with Crippen LogP contribution in [0.3, 0.4) is 0 Å². The monoisotopic (exact) mass is 575 g/mol. The van der Waals surface area contributed by atoms with Gasteiger partial charge in [0, 0.05) is 11.8 Å². The van der Waals surface area contributed by atoms with E-state index in [1.807, 2.05) is 19.9 Å². The summed E-state index contributed by atoms with van der Waals surface area (Å²) in [5.74, 6) is -2.66. The van der Waals surface area contributed by atoms with Crippen LogP contribution in [-0.2, 0) is 30.3 Å². The zero-order chi connectivity index (χ0) is 29.1. The van der Waals surface area contributed by atoms with Crippen molar-refractivity contribution in [2.24, 2.45) is 5.92 Å². The standard InChI is InChI=1S/C29H38FN3O6S/c1-4-6-14-38-26(34)18-33-24-17-25(37-3)23(32-29(40)31-21-11-9-20(30)10-12-21)16-19(24)8-13-22(27(33)35)28(36)39-15-7-5-2/h9-12,16-17,22,29,31-32,40H,4-8,13-15,18H2,1-3H3. The molecule has 2 aromatic carbocycles. The molecule has 2 aromatic rings. The molecule has 1 aliphatic rings. The van der Waals surface area contributed by atoms with Gasteiger partial charge in [0.15, 0.2) is 0 Å². The second-order valence-corrected chi connectivity index (χ2v) is 10.0. The van der Waals surface area contributed by atoms with E-state index >= 15 is 0 Å². The van der Waals surface area contributed by atoms with Gasteiger partial charge in [-0.2, -0.15) is 0 Å². The Morgan fingerprint density at radius 1 is 1.07 bits per heavy atom. The lowest BCUT2D eigenvalue weighted by molar-refractivity contribution is -0.153. The van der Waals surface area contributed by atoms with Crippen molar-refractivity contribution >= 4 is 47.5 Å². The van der Waals surface area contributed by atoms with Crippen LogP contribution in [0, 0.1) is 11.7 Å². The number of methoxy groups -OCH3 is 1. The highest BCUT2D eigenvalue weighted by Gasteiger charge is 2.38. The number of carbonyl (C=O) groups excluding carboxylic acids is 3. The zero-order valence-electron chi connectivity index (χ0n) is 23.2. The van der Waals surface area contributed by atoms with Gasteiger partial charge in [-0.05, 0) is 61.6 Å². The van der Waals surface area contributed by atoms with Crippen molar-refractivity contribution in [1.82, 2.24) is 0 Å². The maximum atomic E-state index is 13.6. The number of amides is 1. The highest BCUT2D eigenvalue weighted by molar-refractivity contribution is 7.81. The Morgan fingerprint density at radius 2 is 1.75 bits per heavy atom. The number of nitrogens with one attached hydrogen (secondary N) is 2. The normalized spacial score (nSPS) is 15.5. The van der Waals surface area contributed by atoms with E-state index in [0.717, 1.165) is 18.4 Å². The zero-order valence-corrected chi connectivity index (χ0v) is 24.1. The molecule has 1 heterocycles. The Bertz CT molecular complexity index is 1160. The topological polar surface area (TPSA) is 106 Å². The minimum Gasteiger partial charge on any atom is -0.495 e. The van der Waals surface area contributed by atoms with Crippen LogP contribution in [0.15, 0.2) is 36.4 Å². The molecule has 0 aliphatic carbocycles. The van der Waals surface area contributed by atoms with Crippen LogP contribution in [0.2, 0.25) is 0 Å². The quantitative estimate of drug-likeness (QED) is 0.0934. The number of thiol groups is 1. The molecule has 0 radical (unpaired) electrons. The molecule has 2 atom stereocenters. The van der Waals surface area contributed by atoms with E-state index in [4.69, 9.17) is 14.2 Å². The number of unbranched alkanes of at least 4 members (excludes halogenated alkanes) is 2. The van der Waals surface area contributed by atoms with Gasteiger partial charge in [-0.15, -0.1) is 12.6 Å². The molecule has 0 fully saturated rings. The molecule has 0 saturated carbocycles. The molecule has 9 nitrogen and oxygen atoms in total. The summed E-state index contributed by atoms with van der Waals surface area (Å²) in [6.07, 6.45) is 3.73. The molecule has 0 spiro atoms. The number of benzene rings is 2. The van der Waals surface area contributed by atoms with E-state index in [1.54, 1.807) is 18.2 Å². The third-order valence-corrected chi connectivity index (χ3v) is 6.73. The second kappa shape index (κ2) is 15.4. The van der Waals surface area contributed by atoms with Gasteiger partial charge in [-0.1, -0.05) is 26.7 Å². The average Bonchev–Trinajstić information content (AvgIpc) is 3.05. The summed E-state index contributed by atoms with van der Waals surface area (Å²) in [6.45, 7) is 4.11. The second-order valence-electron chi connectivity index (χ2n) is 9.49. The van der Waals surface area contributed by atoms with Crippen molar-refractivity contribution < 1.29 is 33.0 Å². The average molecular weight is 576 g/mol. The van der Waals surface area contributed by atoms with Gasteiger partial charge >= 0.3 is 11.9 Å². The van der Waals surface area contributed by atoms with Crippen molar-refractivity contribution in [2.45, 2.75) is 57.9 Å². The summed E-state index contributed by atoms with van der Waals surface area (Å²) in [7, 11) is 1.49. The molecule has 0 bridgehead atoms. The predicted molar refractivity (Wildman–Crippen MR) is 155 cm³/mol. The molecule has 1 aliphatic heterocycles. The Kier molecular flexibility index (Phi) is 11.9. The number of ether oxygens (including phenoxy) is 3. The van der Waals surface area contributed by atoms with Crippen molar-refractivity contribution in [3.05, 3.63) is 47.8 Å². The number of aryl methyl sites for hydroxylation is 1. The van der Waals surface area contributed by atoms with Crippen molar-refractivity contribution in [2.75, 3.05) is 42.4 Å². The maximum Gasteiger partial charge on any atom is 0.326 e. The fourth-order valence-electron chi connectivity index (χ4n) is 4.27. The van der Waals surface area contributed by atoms with E-state index in [0.29, 0.717) is 42.1 Å². The fraction of sp³-hybridized carbons (Fsp3) is 0.483. The van der Waals surface area contributed by atoms with Gasteiger partial charge < -0.3 is 29.7 Å². The third-order valence-electron chi connectivity index (χ3n) is 6.47. The van der Waals surface area contributed by atoms with Gasteiger partial charge in [0.25, 0.3) is 0 Å². The lowest BCUT2D eigenvalue weighted by Crippen LogP contribution is -2.42. The lowest BCUT2D eigenvalue weighted by atomic mass is 10.00. The minimum absolute atomic E-state index is 0.224. The Hall–Kier alpha value is -3.47. The first-order valence-corrected chi connectivity index (χ1v) is 14.1. The van der Waals surface area contributed by atoms with Crippen LogP contribution in [0.1, 0.15) is 51.5 Å². The van der Waals surface area contributed by atoms with Gasteiger partial charge in [0.2, 0.25) is 5.91 Å². The number of nitrogens with zero attached hydrogens (tertiary/aromatic N) is 1. The van der Waals surface area contributed by atoms with E-state index in [2.05, 4.69) is 23.3 Å². The van der Waals surface area contributed by atoms with Crippen LogP contribution >= 0.6 is 12.6 Å². The van der Waals surface area contributed by atoms with E-state index in [9.17, 15) is 18.8 Å². The van der Waals surface area contributed by atoms with Crippen LogP contribution < -0.4 is 20.3 Å². The first-order chi connectivity index (χ1) is 19.3. The Balaban J connectivity index is 1.89. The number of rotatable bonds is 14. The van der Waals surface area contributed by atoms with E-state index in [1.165, 1.54) is 24.1 Å². The molecule has 1 amide bonds. The number of anilines is 3. The highest BCUT2D eigenvalue weighted by Crippen LogP contribution is 2.38.